The Hall–Kier alpha value is -2.02. The van der Waals surface area contributed by atoms with Crippen molar-refractivity contribution >= 4 is 17.7 Å². The summed E-state index contributed by atoms with van der Waals surface area (Å²) in [7, 11) is 1.81. The van der Waals surface area contributed by atoms with Gasteiger partial charge in [-0.05, 0) is 36.3 Å². The van der Waals surface area contributed by atoms with E-state index in [4.69, 9.17) is 0 Å². The van der Waals surface area contributed by atoms with Crippen molar-refractivity contribution in [2.75, 3.05) is 19.3 Å². The molecule has 0 saturated carbocycles. The molecule has 1 fully saturated rings. The van der Waals surface area contributed by atoms with Crippen LogP contribution >= 0.6 is 11.8 Å². The Morgan fingerprint density at radius 3 is 2.87 bits per heavy atom. The van der Waals surface area contributed by atoms with Crippen LogP contribution in [-0.4, -0.2) is 45.3 Å². The van der Waals surface area contributed by atoms with E-state index in [1.807, 2.05) is 19.2 Å². The van der Waals surface area contributed by atoms with Crippen molar-refractivity contribution in [1.29, 1.82) is 0 Å². The number of rotatable bonds is 5. The van der Waals surface area contributed by atoms with Gasteiger partial charge in [-0.25, -0.2) is 9.67 Å². The number of aliphatic imine (C=N–C) groups is 1. The van der Waals surface area contributed by atoms with Crippen LogP contribution in [0.4, 0.5) is 0 Å². The maximum Gasteiger partial charge on any atom is 0.191 e. The lowest BCUT2D eigenvalue weighted by atomic mass is 10.2. The first-order valence-corrected chi connectivity index (χ1v) is 8.90. The van der Waals surface area contributed by atoms with Crippen LogP contribution in [0.25, 0.3) is 5.69 Å². The lowest BCUT2D eigenvalue weighted by Gasteiger charge is -2.15. The van der Waals surface area contributed by atoms with E-state index in [1.54, 1.807) is 11.0 Å². The monoisotopic (exact) mass is 330 g/mol. The minimum atomic E-state index is 0.718. The number of guanidine groups is 1. The molecule has 0 bridgehead atoms. The lowest BCUT2D eigenvalue weighted by Crippen LogP contribution is -2.39. The van der Waals surface area contributed by atoms with Crippen LogP contribution in [0.3, 0.4) is 0 Å². The molecular formula is C16H22N6S. The van der Waals surface area contributed by atoms with Crippen molar-refractivity contribution in [3.63, 3.8) is 0 Å². The molecule has 1 aromatic heterocycles. The Labute approximate surface area is 140 Å². The lowest BCUT2D eigenvalue weighted by molar-refractivity contribution is 0.726. The quantitative estimate of drug-likeness (QED) is 0.647. The largest absolute Gasteiger partial charge is 0.355 e. The van der Waals surface area contributed by atoms with Gasteiger partial charge in [-0.3, -0.25) is 4.99 Å². The Balaban J connectivity index is 1.48. The van der Waals surface area contributed by atoms with Crippen LogP contribution in [0, 0.1) is 0 Å². The summed E-state index contributed by atoms with van der Waals surface area (Å²) in [5.74, 6) is 2.15. The zero-order valence-corrected chi connectivity index (χ0v) is 14.1. The topological polar surface area (TPSA) is 67.1 Å². The first-order chi connectivity index (χ1) is 11.3. The third kappa shape index (κ3) is 4.48. The van der Waals surface area contributed by atoms with Gasteiger partial charge in [-0.2, -0.15) is 16.9 Å². The molecule has 23 heavy (non-hydrogen) atoms. The molecular weight excluding hydrogens is 308 g/mol. The molecule has 1 aromatic carbocycles. The van der Waals surface area contributed by atoms with Crippen molar-refractivity contribution in [2.24, 2.45) is 4.99 Å². The van der Waals surface area contributed by atoms with Gasteiger partial charge in [-0.1, -0.05) is 12.1 Å². The molecule has 1 aliphatic rings. The molecule has 0 radical (unpaired) electrons. The minimum Gasteiger partial charge on any atom is -0.355 e. The SMILES string of the molecule is CN=C(NCc1ccc(-n2cncn2)cc1)NCC1CCCS1. The number of benzene rings is 1. The first-order valence-electron chi connectivity index (χ1n) is 7.85. The van der Waals surface area contributed by atoms with E-state index in [0.29, 0.717) is 0 Å². The van der Waals surface area contributed by atoms with E-state index >= 15 is 0 Å². The molecule has 3 rings (SSSR count). The zero-order valence-electron chi connectivity index (χ0n) is 13.3. The fourth-order valence-corrected chi connectivity index (χ4v) is 3.73. The molecule has 2 aromatic rings. The highest BCUT2D eigenvalue weighted by molar-refractivity contribution is 8.00. The second kappa shape index (κ2) is 8.01. The molecule has 7 heteroatoms. The molecule has 1 saturated heterocycles. The molecule has 0 aliphatic carbocycles. The maximum absolute atomic E-state index is 4.29. The van der Waals surface area contributed by atoms with Gasteiger partial charge in [0.15, 0.2) is 5.96 Å². The van der Waals surface area contributed by atoms with Gasteiger partial charge in [0.1, 0.15) is 12.7 Å². The van der Waals surface area contributed by atoms with Crippen LogP contribution in [0.15, 0.2) is 41.9 Å². The third-order valence-electron chi connectivity index (χ3n) is 3.82. The van der Waals surface area contributed by atoms with Crippen LogP contribution in [0.1, 0.15) is 18.4 Å². The molecule has 2 heterocycles. The molecule has 2 N–H and O–H groups in total. The minimum absolute atomic E-state index is 0.718. The average Bonchev–Trinajstić information content (AvgIpc) is 3.29. The van der Waals surface area contributed by atoms with Crippen LogP contribution in [0.2, 0.25) is 0 Å². The predicted octanol–water partition coefficient (Wildman–Crippen LogP) is 1.83. The van der Waals surface area contributed by atoms with E-state index in [9.17, 15) is 0 Å². The summed E-state index contributed by atoms with van der Waals surface area (Å²) in [6.45, 7) is 1.73. The summed E-state index contributed by atoms with van der Waals surface area (Å²) >= 11 is 2.05. The van der Waals surface area contributed by atoms with Gasteiger partial charge < -0.3 is 10.6 Å². The molecule has 1 aliphatic heterocycles. The zero-order chi connectivity index (χ0) is 15.9. The molecule has 0 amide bonds. The van der Waals surface area contributed by atoms with Gasteiger partial charge in [0.25, 0.3) is 0 Å². The number of nitrogens with zero attached hydrogens (tertiary/aromatic N) is 4. The van der Waals surface area contributed by atoms with Crippen LogP contribution in [-0.2, 0) is 6.54 Å². The highest BCUT2D eigenvalue weighted by atomic mass is 32.2. The van der Waals surface area contributed by atoms with Crippen molar-refractivity contribution in [3.8, 4) is 5.69 Å². The van der Waals surface area contributed by atoms with Gasteiger partial charge in [0, 0.05) is 25.4 Å². The van der Waals surface area contributed by atoms with E-state index in [0.717, 1.165) is 30.0 Å². The Kier molecular flexibility index (Phi) is 5.52. The molecule has 122 valence electrons. The number of hydrogen-bond donors (Lipinski definition) is 2. The number of thioether (sulfide) groups is 1. The summed E-state index contributed by atoms with van der Waals surface area (Å²) in [6, 6.07) is 8.25. The van der Waals surface area contributed by atoms with Crippen molar-refractivity contribution in [2.45, 2.75) is 24.6 Å². The van der Waals surface area contributed by atoms with E-state index < -0.39 is 0 Å². The van der Waals surface area contributed by atoms with E-state index in [1.165, 1.54) is 30.5 Å². The summed E-state index contributed by atoms with van der Waals surface area (Å²) in [5, 5.41) is 11.6. The van der Waals surface area contributed by atoms with Crippen molar-refractivity contribution in [1.82, 2.24) is 25.4 Å². The highest BCUT2D eigenvalue weighted by Crippen LogP contribution is 2.25. The molecule has 6 nitrogen and oxygen atoms in total. The smallest absolute Gasteiger partial charge is 0.191 e. The fourth-order valence-electron chi connectivity index (χ4n) is 2.53. The predicted molar refractivity (Wildman–Crippen MR) is 95.0 cm³/mol. The molecule has 0 spiro atoms. The fraction of sp³-hybridized carbons (Fsp3) is 0.438. The molecule has 1 unspecified atom stereocenters. The third-order valence-corrected chi connectivity index (χ3v) is 5.22. The van der Waals surface area contributed by atoms with Crippen LogP contribution < -0.4 is 10.6 Å². The maximum atomic E-state index is 4.29. The second-order valence-corrected chi connectivity index (χ2v) is 6.86. The Morgan fingerprint density at radius 2 is 2.22 bits per heavy atom. The highest BCUT2D eigenvalue weighted by Gasteiger charge is 2.15. The second-order valence-electron chi connectivity index (χ2n) is 5.45. The van der Waals surface area contributed by atoms with Gasteiger partial charge in [0.2, 0.25) is 0 Å². The van der Waals surface area contributed by atoms with Crippen molar-refractivity contribution < 1.29 is 0 Å². The summed E-state index contributed by atoms with van der Waals surface area (Å²) in [5.41, 5.74) is 2.21. The summed E-state index contributed by atoms with van der Waals surface area (Å²) in [4.78, 5) is 8.24. The van der Waals surface area contributed by atoms with Crippen LogP contribution in [0.5, 0.6) is 0 Å². The standard InChI is InChI=1S/C16H22N6S/c1-17-16(20-10-15-3-2-8-23-15)19-9-13-4-6-14(7-5-13)22-12-18-11-21-22/h4-7,11-12,15H,2-3,8-10H2,1H3,(H2,17,19,20). The van der Waals surface area contributed by atoms with Gasteiger partial charge in [-0.15, -0.1) is 0 Å². The summed E-state index contributed by atoms with van der Waals surface area (Å²) < 4.78 is 1.75. The van der Waals surface area contributed by atoms with E-state index in [2.05, 4.69) is 49.6 Å². The van der Waals surface area contributed by atoms with Gasteiger partial charge in [0.05, 0.1) is 5.69 Å². The van der Waals surface area contributed by atoms with Crippen molar-refractivity contribution in [3.05, 3.63) is 42.5 Å². The van der Waals surface area contributed by atoms with Gasteiger partial charge >= 0.3 is 0 Å². The van der Waals surface area contributed by atoms with E-state index in [-0.39, 0.29) is 0 Å². The normalized spacial score (nSPS) is 18.1. The first kappa shape index (κ1) is 15.9. The Morgan fingerprint density at radius 1 is 1.35 bits per heavy atom. The Bertz CT molecular complexity index is 617. The molecule has 1 atom stereocenters. The number of aromatic nitrogens is 3. The average molecular weight is 330 g/mol. The number of nitrogens with one attached hydrogen (secondary N) is 2. The number of hydrogen-bond acceptors (Lipinski definition) is 4. The summed E-state index contributed by atoms with van der Waals surface area (Å²) in [6.07, 6.45) is 5.87.